The maximum atomic E-state index is 14.0. The van der Waals surface area contributed by atoms with Crippen molar-refractivity contribution in [3.05, 3.63) is 83.7 Å². The van der Waals surface area contributed by atoms with Gasteiger partial charge >= 0.3 is 6.03 Å². The smallest absolute Gasteiger partial charge is 0.319 e. The highest BCUT2D eigenvalue weighted by Gasteiger charge is 2.49. The SMILES string of the molecule is CC1(c2cccc3ccccc23)NC(=O)N(Cc2ccccc2F)C1=O. The predicted octanol–water partition coefficient (Wildman–Crippen LogP) is 3.95. The number of urea groups is 1. The Kier molecular flexibility index (Phi) is 3.72. The van der Waals surface area contributed by atoms with E-state index in [0.29, 0.717) is 5.56 Å². The van der Waals surface area contributed by atoms with Gasteiger partial charge in [-0.1, -0.05) is 60.7 Å². The van der Waals surface area contributed by atoms with Gasteiger partial charge in [0, 0.05) is 5.56 Å². The molecule has 0 aliphatic carbocycles. The minimum absolute atomic E-state index is 0.0995. The Balaban J connectivity index is 1.75. The van der Waals surface area contributed by atoms with Gasteiger partial charge in [-0.05, 0) is 29.3 Å². The Morgan fingerprint density at radius 1 is 0.962 bits per heavy atom. The van der Waals surface area contributed by atoms with Crippen LogP contribution in [0.3, 0.4) is 0 Å². The zero-order valence-electron chi connectivity index (χ0n) is 14.2. The second kappa shape index (κ2) is 5.95. The van der Waals surface area contributed by atoms with Gasteiger partial charge in [0.15, 0.2) is 0 Å². The Bertz CT molecular complexity index is 1030. The van der Waals surface area contributed by atoms with Gasteiger partial charge in [-0.15, -0.1) is 0 Å². The number of carbonyl (C=O) groups is 2. The molecule has 1 N–H and O–H groups in total. The molecule has 3 aromatic carbocycles. The van der Waals surface area contributed by atoms with Crippen LogP contribution in [0.4, 0.5) is 9.18 Å². The molecule has 1 fully saturated rings. The first-order valence-electron chi connectivity index (χ1n) is 8.36. The van der Waals surface area contributed by atoms with Crippen LogP contribution in [0.15, 0.2) is 66.7 Å². The summed E-state index contributed by atoms with van der Waals surface area (Å²) >= 11 is 0. The number of nitrogens with one attached hydrogen (secondary N) is 1. The zero-order chi connectivity index (χ0) is 18.3. The van der Waals surface area contributed by atoms with Crippen molar-refractivity contribution in [1.82, 2.24) is 10.2 Å². The Hall–Kier alpha value is -3.21. The van der Waals surface area contributed by atoms with E-state index in [1.807, 2.05) is 42.5 Å². The lowest BCUT2D eigenvalue weighted by Crippen LogP contribution is -2.41. The lowest BCUT2D eigenvalue weighted by Gasteiger charge is -2.24. The summed E-state index contributed by atoms with van der Waals surface area (Å²) in [6.07, 6.45) is 0. The van der Waals surface area contributed by atoms with Gasteiger partial charge in [0.1, 0.15) is 11.4 Å². The Morgan fingerprint density at radius 2 is 1.65 bits per heavy atom. The van der Waals surface area contributed by atoms with Crippen LogP contribution in [0.25, 0.3) is 10.8 Å². The summed E-state index contributed by atoms with van der Waals surface area (Å²) < 4.78 is 14.0. The maximum Gasteiger partial charge on any atom is 0.325 e. The molecule has 0 aromatic heterocycles. The van der Waals surface area contributed by atoms with E-state index >= 15 is 0 Å². The molecule has 1 aliphatic rings. The van der Waals surface area contributed by atoms with Gasteiger partial charge in [-0.3, -0.25) is 9.69 Å². The number of hydrogen-bond acceptors (Lipinski definition) is 2. The molecule has 1 aliphatic heterocycles. The number of carbonyl (C=O) groups excluding carboxylic acids is 2. The van der Waals surface area contributed by atoms with Gasteiger partial charge in [-0.25, -0.2) is 9.18 Å². The normalized spacial score (nSPS) is 19.8. The summed E-state index contributed by atoms with van der Waals surface area (Å²) in [7, 11) is 0. The van der Waals surface area contributed by atoms with Crippen LogP contribution >= 0.6 is 0 Å². The fraction of sp³-hybridized carbons (Fsp3) is 0.143. The quantitative estimate of drug-likeness (QED) is 0.729. The van der Waals surface area contributed by atoms with Crippen molar-refractivity contribution in [3.8, 4) is 0 Å². The molecular weight excluding hydrogens is 331 g/mol. The summed E-state index contributed by atoms with van der Waals surface area (Å²) in [4.78, 5) is 26.7. The van der Waals surface area contributed by atoms with Crippen molar-refractivity contribution in [2.24, 2.45) is 0 Å². The van der Waals surface area contributed by atoms with Gasteiger partial charge in [0.2, 0.25) is 0 Å². The van der Waals surface area contributed by atoms with E-state index in [4.69, 9.17) is 0 Å². The summed E-state index contributed by atoms with van der Waals surface area (Å²) in [6, 6.07) is 19.0. The Labute approximate surface area is 150 Å². The first kappa shape index (κ1) is 16.3. The standard InChI is InChI=1S/C21H17FN2O2/c1-21(17-11-6-9-14-7-2-4-10-16(14)17)19(25)24(20(26)23-21)13-15-8-3-5-12-18(15)22/h2-12H,13H2,1H3,(H,23,26). The molecule has 1 atom stereocenters. The number of halogens is 1. The van der Waals surface area contributed by atoms with Crippen LogP contribution in [-0.4, -0.2) is 16.8 Å². The van der Waals surface area contributed by atoms with Gasteiger partial charge in [-0.2, -0.15) is 0 Å². The molecule has 26 heavy (non-hydrogen) atoms. The highest BCUT2D eigenvalue weighted by atomic mass is 19.1. The third-order valence-corrected chi connectivity index (χ3v) is 4.89. The van der Waals surface area contributed by atoms with Gasteiger partial charge in [0.05, 0.1) is 6.54 Å². The summed E-state index contributed by atoms with van der Waals surface area (Å²) in [5.41, 5.74) is -0.161. The van der Waals surface area contributed by atoms with Crippen molar-refractivity contribution in [2.45, 2.75) is 19.0 Å². The minimum Gasteiger partial charge on any atom is -0.319 e. The maximum absolute atomic E-state index is 14.0. The van der Waals surface area contributed by atoms with Gasteiger partial charge < -0.3 is 5.32 Å². The lowest BCUT2D eigenvalue weighted by molar-refractivity contribution is -0.131. The average Bonchev–Trinajstić information content (AvgIpc) is 2.87. The first-order valence-corrected chi connectivity index (χ1v) is 8.36. The summed E-state index contributed by atoms with van der Waals surface area (Å²) in [5.74, 6) is -0.825. The van der Waals surface area contributed by atoms with Crippen molar-refractivity contribution in [2.75, 3.05) is 0 Å². The number of amides is 3. The molecule has 1 heterocycles. The summed E-state index contributed by atoms with van der Waals surface area (Å²) in [5, 5.41) is 4.68. The van der Waals surface area contributed by atoms with Crippen LogP contribution in [0.2, 0.25) is 0 Å². The highest BCUT2D eigenvalue weighted by Crippen LogP contribution is 2.34. The van der Waals surface area contributed by atoms with E-state index in [2.05, 4.69) is 5.32 Å². The van der Waals surface area contributed by atoms with Crippen LogP contribution < -0.4 is 5.32 Å². The van der Waals surface area contributed by atoms with Crippen LogP contribution in [0.5, 0.6) is 0 Å². The number of benzene rings is 3. The number of imide groups is 1. The second-order valence-electron chi connectivity index (χ2n) is 6.56. The molecule has 1 saturated heterocycles. The molecule has 3 amide bonds. The largest absolute Gasteiger partial charge is 0.325 e. The van der Waals surface area contributed by atoms with Crippen LogP contribution in [-0.2, 0) is 16.9 Å². The topological polar surface area (TPSA) is 49.4 Å². The molecule has 130 valence electrons. The third-order valence-electron chi connectivity index (χ3n) is 4.89. The second-order valence-corrected chi connectivity index (χ2v) is 6.56. The highest BCUT2D eigenvalue weighted by molar-refractivity contribution is 6.09. The number of hydrogen-bond donors (Lipinski definition) is 1. The minimum atomic E-state index is -1.19. The number of rotatable bonds is 3. The van der Waals surface area contributed by atoms with E-state index in [1.165, 1.54) is 6.07 Å². The monoisotopic (exact) mass is 348 g/mol. The molecule has 5 heteroatoms. The van der Waals surface area contributed by atoms with Crippen molar-refractivity contribution >= 4 is 22.7 Å². The van der Waals surface area contributed by atoms with Crippen LogP contribution in [0, 0.1) is 5.82 Å². The van der Waals surface area contributed by atoms with Crippen molar-refractivity contribution < 1.29 is 14.0 Å². The molecule has 0 spiro atoms. The molecule has 1 unspecified atom stereocenters. The number of fused-ring (bicyclic) bond motifs is 1. The lowest BCUT2D eigenvalue weighted by atomic mass is 9.88. The molecular formula is C21H17FN2O2. The molecule has 3 aromatic rings. The van der Waals surface area contributed by atoms with E-state index in [1.54, 1.807) is 25.1 Å². The van der Waals surface area contributed by atoms with Gasteiger partial charge in [0.25, 0.3) is 5.91 Å². The Morgan fingerprint density at radius 3 is 2.46 bits per heavy atom. The third kappa shape index (κ3) is 2.44. The molecule has 0 bridgehead atoms. The van der Waals surface area contributed by atoms with Crippen molar-refractivity contribution in [3.63, 3.8) is 0 Å². The molecule has 0 saturated carbocycles. The fourth-order valence-electron chi connectivity index (χ4n) is 3.48. The first-order chi connectivity index (χ1) is 12.5. The molecule has 4 rings (SSSR count). The number of nitrogens with zero attached hydrogens (tertiary/aromatic N) is 1. The predicted molar refractivity (Wildman–Crippen MR) is 96.8 cm³/mol. The molecule has 0 radical (unpaired) electrons. The van der Waals surface area contributed by atoms with Crippen molar-refractivity contribution in [1.29, 1.82) is 0 Å². The van der Waals surface area contributed by atoms with E-state index in [-0.39, 0.29) is 12.5 Å². The van der Waals surface area contributed by atoms with Crippen LogP contribution in [0.1, 0.15) is 18.1 Å². The van der Waals surface area contributed by atoms with E-state index < -0.39 is 17.4 Å². The van der Waals surface area contributed by atoms with E-state index in [9.17, 15) is 14.0 Å². The average molecular weight is 348 g/mol. The van der Waals surface area contributed by atoms with E-state index in [0.717, 1.165) is 21.2 Å². The zero-order valence-corrected chi connectivity index (χ0v) is 14.2. The summed E-state index contributed by atoms with van der Waals surface area (Å²) in [6.45, 7) is 1.59. The molecule has 4 nitrogen and oxygen atoms in total. The fourth-order valence-corrected chi connectivity index (χ4v) is 3.48.